The molecule has 1 aromatic heterocycles. The van der Waals surface area contributed by atoms with E-state index in [9.17, 15) is 13.2 Å². The molecule has 0 unspecified atom stereocenters. The molecule has 7 heteroatoms. The van der Waals surface area contributed by atoms with Crippen LogP contribution in [-0.2, 0) is 9.84 Å². The summed E-state index contributed by atoms with van der Waals surface area (Å²) in [5.74, 6) is -0.216. The highest BCUT2D eigenvalue weighted by Gasteiger charge is 2.11. The largest absolute Gasteiger partial charge is 0.322 e. The molecular formula is C22H17N3O3S. The molecule has 0 saturated heterocycles. The number of nitrogens with one attached hydrogen (secondary N) is 1. The molecule has 144 valence electrons. The number of fused-ring (bicyclic) bond motifs is 1. The Morgan fingerprint density at radius 1 is 0.828 bits per heavy atom. The lowest BCUT2D eigenvalue weighted by Crippen LogP contribution is -2.11. The van der Waals surface area contributed by atoms with E-state index in [1.54, 1.807) is 30.3 Å². The van der Waals surface area contributed by atoms with Crippen molar-refractivity contribution >= 4 is 32.2 Å². The first-order valence-electron chi connectivity index (χ1n) is 8.84. The molecule has 1 N–H and O–H groups in total. The van der Waals surface area contributed by atoms with Crippen molar-refractivity contribution in [3.8, 4) is 11.3 Å². The Morgan fingerprint density at radius 3 is 2.34 bits per heavy atom. The number of hydrogen-bond acceptors (Lipinski definition) is 5. The minimum Gasteiger partial charge on any atom is -0.322 e. The fourth-order valence-electron chi connectivity index (χ4n) is 2.96. The third-order valence-electron chi connectivity index (χ3n) is 4.45. The number of carbonyl (C=O) groups is 1. The van der Waals surface area contributed by atoms with Crippen LogP contribution in [0.25, 0.3) is 22.0 Å². The predicted molar refractivity (Wildman–Crippen MR) is 112 cm³/mol. The van der Waals surface area contributed by atoms with Gasteiger partial charge in [0.1, 0.15) is 0 Å². The van der Waals surface area contributed by atoms with Gasteiger partial charge in [-0.05, 0) is 47.2 Å². The number of aromatic nitrogens is 2. The molecule has 0 atom stereocenters. The minimum absolute atomic E-state index is 0.0815. The van der Waals surface area contributed by atoms with Gasteiger partial charge in [0.15, 0.2) is 14.9 Å². The van der Waals surface area contributed by atoms with Crippen molar-refractivity contribution in [2.24, 2.45) is 0 Å². The van der Waals surface area contributed by atoms with Gasteiger partial charge in [-0.25, -0.2) is 8.42 Å². The van der Waals surface area contributed by atoms with E-state index in [0.717, 1.165) is 17.0 Å². The predicted octanol–water partition coefficient (Wildman–Crippen LogP) is 3.95. The molecule has 0 aliphatic heterocycles. The number of rotatable bonds is 4. The van der Waals surface area contributed by atoms with Crippen LogP contribution in [0.4, 0.5) is 5.69 Å². The lowest BCUT2D eigenvalue weighted by Gasteiger charge is -2.08. The number of carbonyl (C=O) groups excluding carboxylic acids is 1. The molecule has 1 amide bonds. The average molecular weight is 403 g/mol. The van der Waals surface area contributed by atoms with Crippen LogP contribution in [0.3, 0.4) is 0 Å². The Balaban J connectivity index is 1.57. The molecule has 0 aliphatic rings. The highest BCUT2D eigenvalue weighted by atomic mass is 32.2. The van der Waals surface area contributed by atoms with E-state index >= 15 is 0 Å². The van der Waals surface area contributed by atoms with E-state index in [2.05, 4.69) is 15.5 Å². The normalized spacial score (nSPS) is 11.3. The van der Waals surface area contributed by atoms with Crippen molar-refractivity contribution in [3.05, 3.63) is 84.4 Å². The molecule has 0 aliphatic carbocycles. The van der Waals surface area contributed by atoms with Crippen molar-refractivity contribution < 1.29 is 13.2 Å². The maximum atomic E-state index is 12.7. The van der Waals surface area contributed by atoms with Gasteiger partial charge >= 0.3 is 0 Å². The number of amides is 1. The van der Waals surface area contributed by atoms with Crippen LogP contribution < -0.4 is 5.32 Å². The Hall–Kier alpha value is -3.58. The molecule has 0 bridgehead atoms. The number of hydrogen-bond donors (Lipinski definition) is 1. The number of sulfone groups is 1. The molecule has 0 saturated carbocycles. The Labute approximate surface area is 168 Å². The highest BCUT2D eigenvalue weighted by Crippen LogP contribution is 2.22. The van der Waals surface area contributed by atoms with Gasteiger partial charge in [0, 0.05) is 23.1 Å². The Kier molecular flexibility index (Phi) is 4.82. The van der Waals surface area contributed by atoms with Crippen LogP contribution in [0.15, 0.2) is 83.9 Å². The summed E-state index contributed by atoms with van der Waals surface area (Å²) in [5.41, 5.74) is 2.40. The second kappa shape index (κ2) is 7.44. The van der Waals surface area contributed by atoms with Crippen LogP contribution in [0, 0.1) is 0 Å². The maximum absolute atomic E-state index is 12.7. The van der Waals surface area contributed by atoms with Gasteiger partial charge < -0.3 is 5.32 Å². The Morgan fingerprint density at radius 2 is 1.62 bits per heavy atom. The van der Waals surface area contributed by atoms with Crippen LogP contribution in [0.1, 0.15) is 10.4 Å². The van der Waals surface area contributed by atoms with Crippen molar-refractivity contribution in [1.29, 1.82) is 0 Å². The summed E-state index contributed by atoms with van der Waals surface area (Å²) in [6.45, 7) is 0. The topological polar surface area (TPSA) is 89.0 Å². The Bertz CT molecular complexity index is 1320. The standard InChI is InChI=1S/C22H17N3O3S/c1-29(27,28)21-12-11-20(24-25-21)17-7-4-8-19(14-17)23-22(26)18-10-9-15-5-2-3-6-16(15)13-18/h2-14H,1H3,(H,23,26). The molecule has 4 aromatic rings. The summed E-state index contributed by atoms with van der Waals surface area (Å²) in [6.07, 6.45) is 1.08. The van der Waals surface area contributed by atoms with E-state index in [1.165, 1.54) is 6.07 Å². The fraction of sp³-hybridized carbons (Fsp3) is 0.0455. The van der Waals surface area contributed by atoms with E-state index in [1.807, 2.05) is 42.5 Å². The van der Waals surface area contributed by atoms with Gasteiger partial charge in [0.2, 0.25) is 0 Å². The van der Waals surface area contributed by atoms with Crippen molar-refractivity contribution in [2.45, 2.75) is 5.03 Å². The van der Waals surface area contributed by atoms with Crippen molar-refractivity contribution in [2.75, 3.05) is 11.6 Å². The molecule has 0 spiro atoms. The average Bonchev–Trinajstić information content (AvgIpc) is 2.73. The van der Waals surface area contributed by atoms with E-state index in [4.69, 9.17) is 0 Å². The monoisotopic (exact) mass is 403 g/mol. The summed E-state index contributed by atoms with van der Waals surface area (Å²) < 4.78 is 23.0. The number of anilines is 1. The first-order valence-corrected chi connectivity index (χ1v) is 10.7. The number of benzene rings is 3. The van der Waals surface area contributed by atoms with Gasteiger partial charge in [-0.1, -0.05) is 42.5 Å². The number of nitrogens with zero attached hydrogens (tertiary/aromatic N) is 2. The summed E-state index contributed by atoms with van der Waals surface area (Å²) in [4.78, 5) is 12.7. The summed E-state index contributed by atoms with van der Waals surface area (Å²) in [6, 6.07) is 23.6. The zero-order valence-corrected chi connectivity index (χ0v) is 16.3. The molecule has 6 nitrogen and oxygen atoms in total. The molecule has 29 heavy (non-hydrogen) atoms. The third-order valence-corrected chi connectivity index (χ3v) is 5.43. The zero-order chi connectivity index (χ0) is 20.4. The summed E-state index contributed by atoms with van der Waals surface area (Å²) >= 11 is 0. The molecule has 4 rings (SSSR count). The van der Waals surface area contributed by atoms with Crippen molar-refractivity contribution in [1.82, 2.24) is 10.2 Å². The molecule has 3 aromatic carbocycles. The van der Waals surface area contributed by atoms with Gasteiger partial charge in [-0.15, -0.1) is 10.2 Å². The van der Waals surface area contributed by atoms with Crippen LogP contribution in [-0.4, -0.2) is 30.8 Å². The SMILES string of the molecule is CS(=O)(=O)c1ccc(-c2cccc(NC(=O)c3ccc4ccccc4c3)c2)nn1. The second-order valence-corrected chi connectivity index (χ2v) is 8.59. The molecule has 1 heterocycles. The smallest absolute Gasteiger partial charge is 0.255 e. The zero-order valence-electron chi connectivity index (χ0n) is 15.5. The van der Waals surface area contributed by atoms with E-state index < -0.39 is 9.84 Å². The van der Waals surface area contributed by atoms with E-state index in [0.29, 0.717) is 22.5 Å². The molecule has 0 fully saturated rings. The summed E-state index contributed by atoms with van der Waals surface area (Å²) in [7, 11) is -3.40. The van der Waals surface area contributed by atoms with Crippen molar-refractivity contribution in [3.63, 3.8) is 0 Å². The van der Waals surface area contributed by atoms with Gasteiger partial charge in [-0.3, -0.25) is 4.79 Å². The van der Waals surface area contributed by atoms with Gasteiger partial charge in [0.05, 0.1) is 5.69 Å². The maximum Gasteiger partial charge on any atom is 0.255 e. The van der Waals surface area contributed by atoms with Gasteiger partial charge in [0.25, 0.3) is 5.91 Å². The first-order chi connectivity index (χ1) is 13.9. The fourth-order valence-corrected chi connectivity index (χ4v) is 3.47. The van der Waals surface area contributed by atoms with Crippen LogP contribution in [0.5, 0.6) is 0 Å². The third kappa shape index (κ3) is 4.14. The lowest BCUT2D eigenvalue weighted by atomic mass is 10.1. The highest BCUT2D eigenvalue weighted by molar-refractivity contribution is 7.90. The second-order valence-electron chi connectivity index (χ2n) is 6.63. The molecular weight excluding hydrogens is 386 g/mol. The van der Waals surface area contributed by atoms with E-state index in [-0.39, 0.29) is 10.9 Å². The van der Waals surface area contributed by atoms with Crippen LogP contribution in [0.2, 0.25) is 0 Å². The minimum atomic E-state index is -3.40. The summed E-state index contributed by atoms with van der Waals surface area (Å²) in [5, 5.41) is 12.6. The van der Waals surface area contributed by atoms with Crippen LogP contribution >= 0.6 is 0 Å². The first kappa shape index (κ1) is 18.8. The molecule has 0 radical (unpaired) electrons. The van der Waals surface area contributed by atoms with Gasteiger partial charge in [-0.2, -0.15) is 0 Å². The lowest BCUT2D eigenvalue weighted by molar-refractivity contribution is 0.102. The quantitative estimate of drug-likeness (QED) is 0.557.